The van der Waals surface area contributed by atoms with Crippen LogP contribution in [0.5, 0.6) is 0 Å². The van der Waals surface area contributed by atoms with E-state index in [2.05, 4.69) is 11.0 Å². The Morgan fingerprint density at radius 3 is 3.18 bits per heavy atom. The predicted octanol–water partition coefficient (Wildman–Crippen LogP) is 0.331. The van der Waals surface area contributed by atoms with E-state index < -0.39 is 5.97 Å². The van der Waals surface area contributed by atoms with Crippen molar-refractivity contribution in [3.8, 4) is 0 Å². The van der Waals surface area contributed by atoms with Crippen molar-refractivity contribution in [2.75, 3.05) is 13.1 Å². The average Bonchev–Trinajstić information content (AvgIpc) is 2.41. The Morgan fingerprint density at radius 2 is 2.45 bits per heavy atom. The summed E-state index contributed by atoms with van der Waals surface area (Å²) in [6.07, 6.45) is 4.88. The first-order valence-corrected chi connectivity index (χ1v) is 3.92. The molecule has 3 heteroatoms. The van der Waals surface area contributed by atoms with Crippen molar-refractivity contribution in [3.63, 3.8) is 0 Å². The van der Waals surface area contributed by atoms with E-state index in [1.54, 1.807) is 0 Å². The third kappa shape index (κ3) is 0.959. The Bertz CT molecular complexity index is 212. The molecular formula is C8H11NO2. The summed E-state index contributed by atoms with van der Waals surface area (Å²) in [5.74, 6) is -0.808. The van der Waals surface area contributed by atoms with Crippen LogP contribution in [0.15, 0.2) is 12.2 Å². The third-order valence-electron chi connectivity index (χ3n) is 2.55. The number of nitrogens with zero attached hydrogens (tertiary/aromatic N) is 1. The van der Waals surface area contributed by atoms with Crippen molar-refractivity contribution in [1.29, 1.82) is 0 Å². The van der Waals surface area contributed by atoms with Gasteiger partial charge in [-0.3, -0.25) is 9.69 Å². The summed E-state index contributed by atoms with van der Waals surface area (Å²) < 4.78 is 0. The van der Waals surface area contributed by atoms with Crippen LogP contribution in [0.4, 0.5) is 0 Å². The van der Waals surface area contributed by atoms with Gasteiger partial charge < -0.3 is 5.11 Å². The quantitative estimate of drug-likeness (QED) is 0.552. The molecule has 0 bridgehead atoms. The van der Waals surface area contributed by atoms with Gasteiger partial charge in [-0.25, -0.2) is 0 Å². The van der Waals surface area contributed by atoms with Gasteiger partial charge in [0.15, 0.2) is 0 Å². The van der Waals surface area contributed by atoms with Crippen LogP contribution in [0, 0.1) is 5.92 Å². The lowest BCUT2D eigenvalue weighted by molar-refractivity contribution is -0.141. The number of hydrogen-bond donors (Lipinski definition) is 1. The van der Waals surface area contributed by atoms with Crippen LogP contribution >= 0.6 is 0 Å². The van der Waals surface area contributed by atoms with E-state index in [0.717, 1.165) is 19.5 Å². The molecule has 0 aliphatic carbocycles. The number of carbonyl (C=O) groups is 1. The van der Waals surface area contributed by atoms with E-state index in [-0.39, 0.29) is 12.0 Å². The summed E-state index contributed by atoms with van der Waals surface area (Å²) >= 11 is 0. The van der Waals surface area contributed by atoms with Gasteiger partial charge in [0.1, 0.15) is 0 Å². The van der Waals surface area contributed by atoms with Crippen molar-refractivity contribution in [2.45, 2.75) is 12.5 Å². The van der Waals surface area contributed by atoms with Crippen molar-refractivity contribution >= 4 is 5.97 Å². The molecule has 2 atom stereocenters. The summed E-state index contributed by atoms with van der Waals surface area (Å²) in [6.45, 7) is 1.88. The highest BCUT2D eigenvalue weighted by molar-refractivity contribution is 5.72. The Kier molecular flexibility index (Phi) is 1.46. The molecule has 3 nitrogen and oxygen atoms in total. The lowest BCUT2D eigenvalue weighted by Crippen LogP contribution is -2.30. The number of fused-ring (bicyclic) bond motifs is 1. The maximum absolute atomic E-state index is 10.7. The van der Waals surface area contributed by atoms with Crippen LogP contribution in [0.1, 0.15) is 6.42 Å². The molecule has 2 unspecified atom stereocenters. The Balaban J connectivity index is 2.14. The molecule has 0 amide bonds. The van der Waals surface area contributed by atoms with Crippen LogP contribution < -0.4 is 0 Å². The Hall–Kier alpha value is -0.830. The lowest BCUT2D eigenvalue weighted by Gasteiger charge is -2.15. The Labute approximate surface area is 65.3 Å². The number of carboxylic acid groups (broad SMARTS) is 1. The van der Waals surface area contributed by atoms with Gasteiger partial charge in [-0.1, -0.05) is 12.2 Å². The van der Waals surface area contributed by atoms with Gasteiger partial charge in [-0.15, -0.1) is 0 Å². The van der Waals surface area contributed by atoms with Gasteiger partial charge in [-0.2, -0.15) is 0 Å². The molecule has 1 N–H and O–H groups in total. The molecule has 0 spiro atoms. The third-order valence-corrected chi connectivity index (χ3v) is 2.55. The van der Waals surface area contributed by atoms with E-state index in [1.807, 2.05) is 6.08 Å². The summed E-state index contributed by atoms with van der Waals surface area (Å²) in [4.78, 5) is 12.9. The molecule has 0 radical (unpaired) electrons. The molecule has 1 fully saturated rings. The molecule has 1 saturated heterocycles. The number of rotatable bonds is 1. The minimum Gasteiger partial charge on any atom is -0.481 e. The van der Waals surface area contributed by atoms with Gasteiger partial charge in [0.2, 0.25) is 0 Å². The summed E-state index contributed by atoms with van der Waals surface area (Å²) in [5, 5.41) is 8.80. The number of aliphatic carboxylic acids is 1. The zero-order valence-electron chi connectivity index (χ0n) is 6.23. The minimum absolute atomic E-state index is 0.159. The zero-order valence-corrected chi connectivity index (χ0v) is 6.23. The van der Waals surface area contributed by atoms with Crippen LogP contribution in [0.2, 0.25) is 0 Å². The van der Waals surface area contributed by atoms with Gasteiger partial charge in [0.05, 0.1) is 5.92 Å². The molecule has 2 aliphatic heterocycles. The van der Waals surface area contributed by atoms with E-state index in [1.165, 1.54) is 0 Å². The molecule has 0 aromatic carbocycles. The fourth-order valence-corrected chi connectivity index (χ4v) is 1.95. The second-order valence-electron chi connectivity index (χ2n) is 3.15. The molecule has 0 aromatic heterocycles. The number of hydrogen-bond acceptors (Lipinski definition) is 2. The van der Waals surface area contributed by atoms with Gasteiger partial charge in [0, 0.05) is 12.6 Å². The van der Waals surface area contributed by atoms with Crippen molar-refractivity contribution < 1.29 is 9.90 Å². The smallest absolute Gasteiger partial charge is 0.308 e. The molecule has 60 valence electrons. The molecular weight excluding hydrogens is 142 g/mol. The van der Waals surface area contributed by atoms with Gasteiger partial charge in [0.25, 0.3) is 0 Å². The SMILES string of the molecule is O=C(O)C1CCN2CC=CC12. The fraction of sp³-hybridized carbons (Fsp3) is 0.625. The van der Waals surface area contributed by atoms with Crippen LogP contribution in [-0.4, -0.2) is 35.1 Å². The molecule has 2 aliphatic rings. The van der Waals surface area contributed by atoms with Crippen LogP contribution in [-0.2, 0) is 4.79 Å². The Morgan fingerprint density at radius 1 is 1.64 bits per heavy atom. The van der Waals surface area contributed by atoms with Gasteiger partial charge in [-0.05, 0) is 13.0 Å². The molecule has 2 rings (SSSR count). The maximum Gasteiger partial charge on any atom is 0.308 e. The van der Waals surface area contributed by atoms with Crippen molar-refractivity contribution in [2.24, 2.45) is 5.92 Å². The topological polar surface area (TPSA) is 40.5 Å². The molecule has 2 heterocycles. The standard InChI is InChI=1S/C8H11NO2/c10-8(11)6-3-5-9-4-1-2-7(6)9/h1-2,6-7H,3-5H2,(H,10,11). The first-order chi connectivity index (χ1) is 5.29. The fourth-order valence-electron chi connectivity index (χ4n) is 1.95. The lowest BCUT2D eigenvalue weighted by atomic mass is 10.0. The highest BCUT2D eigenvalue weighted by Crippen LogP contribution is 2.28. The van der Waals surface area contributed by atoms with Crippen LogP contribution in [0.25, 0.3) is 0 Å². The molecule has 0 saturated carbocycles. The summed E-state index contributed by atoms with van der Waals surface area (Å²) in [7, 11) is 0. The van der Waals surface area contributed by atoms with Gasteiger partial charge >= 0.3 is 5.97 Å². The average molecular weight is 153 g/mol. The van der Waals surface area contributed by atoms with E-state index in [0.29, 0.717) is 0 Å². The van der Waals surface area contributed by atoms with Crippen molar-refractivity contribution in [3.05, 3.63) is 12.2 Å². The zero-order chi connectivity index (χ0) is 7.84. The second kappa shape index (κ2) is 2.34. The highest BCUT2D eigenvalue weighted by Gasteiger charge is 2.38. The highest BCUT2D eigenvalue weighted by atomic mass is 16.4. The number of carboxylic acids is 1. The minimum atomic E-state index is -0.649. The predicted molar refractivity (Wildman–Crippen MR) is 40.2 cm³/mol. The largest absolute Gasteiger partial charge is 0.481 e. The second-order valence-corrected chi connectivity index (χ2v) is 3.15. The van der Waals surface area contributed by atoms with Crippen molar-refractivity contribution in [1.82, 2.24) is 4.90 Å². The van der Waals surface area contributed by atoms with E-state index in [4.69, 9.17) is 5.11 Å². The molecule has 0 aromatic rings. The van der Waals surface area contributed by atoms with Crippen LogP contribution in [0.3, 0.4) is 0 Å². The first-order valence-electron chi connectivity index (χ1n) is 3.92. The van der Waals surface area contributed by atoms with E-state index in [9.17, 15) is 4.79 Å². The van der Waals surface area contributed by atoms with E-state index >= 15 is 0 Å². The first kappa shape index (κ1) is 6.85. The monoisotopic (exact) mass is 153 g/mol. The summed E-state index contributed by atoms with van der Waals surface area (Å²) in [5.41, 5.74) is 0. The molecule has 11 heavy (non-hydrogen) atoms. The normalized spacial score (nSPS) is 36.0. The summed E-state index contributed by atoms with van der Waals surface area (Å²) in [6, 6.07) is 0.187. The maximum atomic E-state index is 10.7.